The van der Waals surface area contributed by atoms with Crippen molar-refractivity contribution >= 4 is 75.5 Å². The fraction of sp³-hybridized carbons (Fsp3) is 0.179. The summed E-state index contributed by atoms with van der Waals surface area (Å²) in [6.45, 7) is 5.81. The number of thiocarbonyl (C=S) groups is 1. The van der Waals surface area contributed by atoms with Gasteiger partial charge in [0.2, 0.25) is 0 Å². The molecule has 1 aliphatic heterocycles. The molecule has 3 aromatic carbocycles. The molecule has 0 aromatic heterocycles. The Morgan fingerprint density at radius 2 is 1.51 bits per heavy atom. The lowest BCUT2D eigenvalue weighted by molar-refractivity contribution is -0.120. The van der Waals surface area contributed by atoms with E-state index >= 15 is 0 Å². The molecule has 0 aliphatic carbocycles. The Labute approximate surface area is 231 Å². The van der Waals surface area contributed by atoms with Crippen molar-refractivity contribution in [2.24, 2.45) is 0 Å². The second-order valence-corrected chi connectivity index (χ2v) is 9.33. The minimum absolute atomic E-state index is 0.0144. The minimum atomic E-state index is -0.574. The number of nitrogens with zero attached hydrogens (tertiary/aromatic N) is 3. The number of para-hydroxylation sites is 1. The molecular formula is C28H25Cl2N3O3S. The molecule has 6 nitrogen and oxygen atoms in total. The van der Waals surface area contributed by atoms with Gasteiger partial charge in [0.15, 0.2) is 5.11 Å². The van der Waals surface area contributed by atoms with Gasteiger partial charge >= 0.3 is 0 Å². The van der Waals surface area contributed by atoms with Gasteiger partial charge in [0.25, 0.3) is 11.8 Å². The summed E-state index contributed by atoms with van der Waals surface area (Å²) in [5.41, 5.74) is 2.43. The fourth-order valence-corrected chi connectivity index (χ4v) is 4.82. The molecule has 0 unspecified atom stereocenters. The molecule has 190 valence electrons. The van der Waals surface area contributed by atoms with Crippen LogP contribution in [0.2, 0.25) is 10.0 Å². The maximum Gasteiger partial charge on any atom is 0.270 e. The average Bonchev–Trinajstić information content (AvgIpc) is 2.90. The van der Waals surface area contributed by atoms with E-state index in [4.69, 9.17) is 40.2 Å². The molecule has 1 fully saturated rings. The van der Waals surface area contributed by atoms with E-state index in [1.165, 1.54) is 15.9 Å². The number of rotatable bonds is 7. The topological polar surface area (TPSA) is 53.1 Å². The number of carbonyl (C=O) groups is 2. The summed E-state index contributed by atoms with van der Waals surface area (Å²) < 4.78 is 5.63. The largest absolute Gasteiger partial charge is 0.496 e. The van der Waals surface area contributed by atoms with Gasteiger partial charge < -0.3 is 9.64 Å². The van der Waals surface area contributed by atoms with E-state index in [2.05, 4.69) is 18.7 Å². The van der Waals surface area contributed by atoms with Crippen LogP contribution in [0.15, 0.2) is 72.3 Å². The molecule has 0 saturated carbocycles. The normalized spacial score (nSPS) is 14.9. The number of benzene rings is 3. The van der Waals surface area contributed by atoms with Crippen LogP contribution < -0.4 is 19.4 Å². The third kappa shape index (κ3) is 5.21. The molecule has 0 atom stereocenters. The van der Waals surface area contributed by atoms with Crippen LogP contribution in [-0.4, -0.2) is 37.1 Å². The SMILES string of the molecule is CCN(CC)c1ccc(C=C2C(=O)N(c3ccccc3)C(=S)N(c3ccc(Cl)c(Cl)c3)C2=O)c(OC)c1. The molecule has 0 bridgehead atoms. The lowest BCUT2D eigenvalue weighted by Gasteiger charge is -2.36. The van der Waals surface area contributed by atoms with Gasteiger partial charge in [-0.2, -0.15) is 0 Å². The molecule has 0 radical (unpaired) electrons. The maximum absolute atomic E-state index is 13.8. The number of hydrogen-bond donors (Lipinski definition) is 0. The van der Waals surface area contributed by atoms with Gasteiger partial charge in [0, 0.05) is 30.4 Å². The molecule has 9 heteroatoms. The van der Waals surface area contributed by atoms with E-state index in [1.54, 1.807) is 49.6 Å². The van der Waals surface area contributed by atoms with Gasteiger partial charge in [-0.3, -0.25) is 19.4 Å². The number of carbonyl (C=O) groups excluding carboxylic acids is 2. The highest BCUT2D eigenvalue weighted by atomic mass is 35.5. The van der Waals surface area contributed by atoms with Crippen LogP contribution in [0.1, 0.15) is 19.4 Å². The molecule has 0 N–H and O–H groups in total. The van der Waals surface area contributed by atoms with E-state index in [0.29, 0.717) is 27.7 Å². The first-order valence-electron chi connectivity index (χ1n) is 11.7. The summed E-state index contributed by atoms with van der Waals surface area (Å²) in [6, 6.07) is 19.4. The van der Waals surface area contributed by atoms with Crippen molar-refractivity contribution in [3.63, 3.8) is 0 Å². The summed E-state index contributed by atoms with van der Waals surface area (Å²) in [5, 5.41) is 0.614. The van der Waals surface area contributed by atoms with Crippen LogP contribution in [0.25, 0.3) is 6.08 Å². The predicted molar refractivity (Wildman–Crippen MR) is 155 cm³/mol. The summed E-state index contributed by atoms with van der Waals surface area (Å²) in [5.74, 6) is -0.569. The lowest BCUT2D eigenvalue weighted by atomic mass is 10.0. The van der Waals surface area contributed by atoms with Crippen LogP contribution in [0, 0.1) is 0 Å². The molecule has 2 amide bonds. The third-order valence-electron chi connectivity index (χ3n) is 6.07. The Balaban J connectivity index is 1.87. The minimum Gasteiger partial charge on any atom is -0.496 e. The Morgan fingerprint density at radius 1 is 0.865 bits per heavy atom. The smallest absolute Gasteiger partial charge is 0.270 e. The Hall–Kier alpha value is -3.39. The van der Waals surface area contributed by atoms with E-state index in [0.717, 1.165) is 18.8 Å². The van der Waals surface area contributed by atoms with E-state index in [1.807, 2.05) is 24.3 Å². The zero-order valence-corrected chi connectivity index (χ0v) is 22.9. The molecule has 37 heavy (non-hydrogen) atoms. The molecule has 4 rings (SSSR count). The average molecular weight is 554 g/mol. The molecule has 1 heterocycles. The number of anilines is 3. The van der Waals surface area contributed by atoms with Crippen LogP contribution in [0.5, 0.6) is 5.75 Å². The van der Waals surface area contributed by atoms with Crippen molar-refractivity contribution in [3.8, 4) is 5.75 Å². The summed E-state index contributed by atoms with van der Waals surface area (Å²) in [7, 11) is 1.56. The molecule has 3 aromatic rings. The Kier molecular flexibility index (Phi) is 8.17. The highest BCUT2D eigenvalue weighted by Gasteiger charge is 2.41. The maximum atomic E-state index is 13.8. The zero-order valence-electron chi connectivity index (χ0n) is 20.6. The summed E-state index contributed by atoms with van der Waals surface area (Å²) >= 11 is 18.0. The number of halogens is 2. The van der Waals surface area contributed by atoms with Gasteiger partial charge in [-0.05, 0) is 74.6 Å². The molecule has 0 spiro atoms. The second-order valence-electron chi connectivity index (χ2n) is 8.15. The molecular weight excluding hydrogens is 529 g/mol. The van der Waals surface area contributed by atoms with Gasteiger partial charge in [0.05, 0.1) is 28.5 Å². The van der Waals surface area contributed by atoms with Crippen molar-refractivity contribution in [2.45, 2.75) is 13.8 Å². The van der Waals surface area contributed by atoms with E-state index in [9.17, 15) is 9.59 Å². The first kappa shape index (κ1) is 26.7. The van der Waals surface area contributed by atoms with Crippen molar-refractivity contribution in [3.05, 3.63) is 87.9 Å². The number of methoxy groups -OCH3 is 1. The van der Waals surface area contributed by atoms with Crippen molar-refractivity contribution < 1.29 is 14.3 Å². The van der Waals surface area contributed by atoms with Gasteiger partial charge in [-0.1, -0.05) is 41.4 Å². The van der Waals surface area contributed by atoms with Crippen molar-refractivity contribution in [2.75, 3.05) is 34.9 Å². The lowest BCUT2D eigenvalue weighted by Crippen LogP contribution is -2.56. The van der Waals surface area contributed by atoms with Crippen LogP contribution >= 0.6 is 35.4 Å². The summed E-state index contributed by atoms with van der Waals surface area (Å²) in [4.78, 5) is 32.3. The second kappa shape index (κ2) is 11.3. The van der Waals surface area contributed by atoms with Gasteiger partial charge in [0.1, 0.15) is 11.3 Å². The van der Waals surface area contributed by atoms with E-state index < -0.39 is 11.8 Å². The molecule has 1 aliphatic rings. The third-order valence-corrected chi connectivity index (χ3v) is 7.18. The van der Waals surface area contributed by atoms with E-state index in [-0.39, 0.29) is 15.7 Å². The first-order chi connectivity index (χ1) is 17.8. The van der Waals surface area contributed by atoms with Gasteiger partial charge in [-0.25, -0.2) is 0 Å². The highest BCUT2D eigenvalue weighted by molar-refractivity contribution is 7.81. The molecule has 1 saturated heterocycles. The predicted octanol–water partition coefficient (Wildman–Crippen LogP) is 6.60. The number of hydrogen-bond acceptors (Lipinski definition) is 5. The number of ether oxygens (including phenoxy) is 1. The van der Waals surface area contributed by atoms with Gasteiger partial charge in [-0.15, -0.1) is 0 Å². The van der Waals surface area contributed by atoms with Crippen molar-refractivity contribution in [1.82, 2.24) is 0 Å². The first-order valence-corrected chi connectivity index (χ1v) is 12.8. The quantitative estimate of drug-likeness (QED) is 0.187. The highest BCUT2D eigenvalue weighted by Crippen LogP contribution is 2.34. The Bertz CT molecular complexity index is 1390. The fourth-order valence-electron chi connectivity index (χ4n) is 4.15. The summed E-state index contributed by atoms with van der Waals surface area (Å²) in [6.07, 6.45) is 1.54. The zero-order chi connectivity index (χ0) is 26.7. The monoisotopic (exact) mass is 553 g/mol. The van der Waals surface area contributed by atoms with Crippen LogP contribution in [0.4, 0.5) is 17.1 Å². The Morgan fingerprint density at radius 3 is 2.11 bits per heavy atom. The standard InChI is InChI=1S/C28H25Cl2N3O3S/c1-4-31(5-2)20-12-11-18(25(17-20)36-3)15-22-26(34)32(19-9-7-6-8-10-19)28(37)33(27(22)35)21-13-14-23(29)24(30)16-21/h6-17H,4-5H2,1-3H3. The van der Waals surface area contributed by atoms with Crippen LogP contribution in [-0.2, 0) is 9.59 Å². The number of amides is 2. The van der Waals surface area contributed by atoms with Crippen molar-refractivity contribution in [1.29, 1.82) is 0 Å². The van der Waals surface area contributed by atoms with Crippen LogP contribution in [0.3, 0.4) is 0 Å².